The number of hydrogen-bond acceptors (Lipinski definition) is 1. The Morgan fingerprint density at radius 3 is 2.26 bits per heavy atom. The first-order valence-corrected chi connectivity index (χ1v) is 7.49. The third-order valence-electron chi connectivity index (χ3n) is 4.16. The molecule has 2 saturated carbocycles. The molecule has 0 bridgehead atoms. The van der Waals surface area contributed by atoms with Crippen LogP contribution in [0.1, 0.15) is 56.4 Å². The van der Waals surface area contributed by atoms with Crippen LogP contribution in [0.15, 0.2) is 24.3 Å². The van der Waals surface area contributed by atoms with Gasteiger partial charge < -0.3 is 10.6 Å². The molecule has 3 rings (SSSR count). The van der Waals surface area contributed by atoms with Gasteiger partial charge in [0.05, 0.1) is 0 Å². The van der Waals surface area contributed by atoms with Crippen molar-refractivity contribution in [1.82, 2.24) is 5.32 Å². The normalized spacial score (nSPS) is 20.0. The Hall–Kier alpha value is -1.51. The molecule has 0 unspecified atom stereocenters. The van der Waals surface area contributed by atoms with Crippen molar-refractivity contribution in [3.8, 4) is 0 Å². The molecule has 0 spiro atoms. The fraction of sp³-hybridized carbons (Fsp3) is 0.562. The molecule has 2 fully saturated rings. The average Bonchev–Trinajstić information content (AvgIpc) is 3.24. The molecule has 2 N–H and O–H groups in total. The maximum atomic E-state index is 11.6. The molecule has 1 aromatic rings. The second kappa shape index (κ2) is 5.64. The van der Waals surface area contributed by atoms with E-state index in [0.717, 1.165) is 24.4 Å². The number of benzene rings is 1. The van der Waals surface area contributed by atoms with Crippen molar-refractivity contribution in [2.75, 3.05) is 5.32 Å². The number of urea groups is 1. The van der Waals surface area contributed by atoms with Gasteiger partial charge >= 0.3 is 6.03 Å². The summed E-state index contributed by atoms with van der Waals surface area (Å²) in [4.78, 5) is 11.6. The van der Waals surface area contributed by atoms with Crippen LogP contribution >= 0.6 is 0 Å². The molecule has 2 aliphatic rings. The molecule has 2 aliphatic carbocycles. The number of carbonyl (C=O) groups excluding carboxylic acids is 1. The standard InChI is InChI=1S/C16H22N2O/c19-16(18-15-10-11-15)17-14-8-6-13(7-9-14)12-4-2-1-3-5-12/h6-9,12,15H,1-5,10-11H2,(H2,17,18,19). The Labute approximate surface area is 114 Å². The van der Waals surface area contributed by atoms with Gasteiger partial charge in [-0.15, -0.1) is 0 Å². The monoisotopic (exact) mass is 258 g/mol. The van der Waals surface area contributed by atoms with Crippen LogP contribution in [0.4, 0.5) is 10.5 Å². The predicted octanol–water partition coefficient (Wildman–Crippen LogP) is 4.02. The molecular weight excluding hydrogens is 236 g/mol. The highest BCUT2D eigenvalue weighted by Gasteiger charge is 2.23. The molecule has 1 aromatic carbocycles. The van der Waals surface area contributed by atoms with Crippen LogP contribution in [0.25, 0.3) is 0 Å². The number of amides is 2. The summed E-state index contributed by atoms with van der Waals surface area (Å²) in [5.41, 5.74) is 2.31. The molecule has 0 aliphatic heterocycles. The Balaban J connectivity index is 1.56. The zero-order valence-electron chi connectivity index (χ0n) is 11.3. The van der Waals surface area contributed by atoms with Crippen LogP contribution in [0.2, 0.25) is 0 Å². The van der Waals surface area contributed by atoms with Gasteiger partial charge in [0.1, 0.15) is 0 Å². The number of hydrogen-bond donors (Lipinski definition) is 2. The van der Waals surface area contributed by atoms with E-state index in [9.17, 15) is 4.79 Å². The fourth-order valence-corrected chi connectivity index (χ4v) is 2.85. The number of rotatable bonds is 3. The van der Waals surface area contributed by atoms with E-state index in [0.29, 0.717) is 6.04 Å². The first kappa shape index (κ1) is 12.5. The summed E-state index contributed by atoms with van der Waals surface area (Å²) in [5.74, 6) is 0.725. The maximum absolute atomic E-state index is 11.6. The van der Waals surface area contributed by atoms with Crippen molar-refractivity contribution in [3.63, 3.8) is 0 Å². The van der Waals surface area contributed by atoms with Crippen LogP contribution in [0.5, 0.6) is 0 Å². The Morgan fingerprint density at radius 1 is 0.947 bits per heavy atom. The maximum Gasteiger partial charge on any atom is 0.319 e. The van der Waals surface area contributed by atoms with Crippen molar-refractivity contribution in [2.24, 2.45) is 0 Å². The van der Waals surface area contributed by atoms with Gasteiger partial charge in [-0.3, -0.25) is 0 Å². The lowest BCUT2D eigenvalue weighted by Gasteiger charge is -2.22. The van der Waals surface area contributed by atoms with Gasteiger partial charge in [0, 0.05) is 11.7 Å². The fourth-order valence-electron chi connectivity index (χ4n) is 2.85. The van der Waals surface area contributed by atoms with Crippen molar-refractivity contribution < 1.29 is 4.79 Å². The summed E-state index contributed by atoms with van der Waals surface area (Å²) in [7, 11) is 0. The number of nitrogens with one attached hydrogen (secondary N) is 2. The second-order valence-corrected chi connectivity index (χ2v) is 5.83. The van der Waals surface area contributed by atoms with Crippen LogP contribution in [-0.2, 0) is 0 Å². The lowest BCUT2D eigenvalue weighted by atomic mass is 9.84. The Morgan fingerprint density at radius 2 is 1.63 bits per heavy atom. The van der Waals surface area contributed by atoms with Gasteiger partial charge in [-0.05, 0) is 49.3 Å². The number of carbonyl (C=O) groups is 1. The minimum Gasteiger partial charge on any atom is -0.335 e. The van der Waals surface area contributed by atoms with Crippen molar-refractivity contribution in [2.45, 2.75) is 56.9 Å². The molecule has 3 heteroatoms. The molecule has 19 heavy (non-hydrogen) atoms. The molecule has 0 atom stereocenters. The molecular formula is C16H22N2O. The van der Waals surface area contributed by atoms with Gasteiger partial charge in [-0.2, -0.15) is 0 Å². The number of anilines is 1. The van der Waals surface area contributed by atoms with Crippen LogP contribution in [0.3, 0.4) is 0 Å². The highest BCUT2D eigenvalue weighted by Crippen LogP contribution is 2.32. The third kappa shape index (κ3) is 3.49. The van der Waals surface area contributed by atoms with E-state index in [-0.39, 0.29) is 6.03 Å². The van der Waals surface area contributed by atoms with Gasteiger partial charge in [0.15, 0.2) is 0 Å². The highest BCUT2D eigenvalue weighted by molar-refractivity contribution is 5.89. The van der Waals surface area contributed by atoms with Gasteiger partial charge in [-0.25, -0.2) is 4.79 Å². The molecule has 0 aromatic heterocycles. The minimum atomic E-state index is -0.0760. The molecule has 2 amide bonds. The van der Waals surface area contributed by atoms with E-state index in [4.69, 9.17) is 0 Å². The molecule has 102 valence electrons. The highest BCUT2D eigenvalue weighted by atomic mass is 16.2. The predicted molar refractivity (Wildman–Crippen MR) is 77.4 cm³/mol. The first-order valence-electron chi connectivity index (χ1n) is 7.49. The first-order chi connectivity index (χ1) is 9.31. The van der Waals surface area contributed by atoms with Gasteiger partial charge in [0.25, 0.3) is 0 Å². The summed E-state index contributed by atoms with van der Waals surface area (Å²) < 4.78 is 0. The topological polar surface area (TPSA) is 41.1 Å². The molecule has 3 nitrogen and oxygen atoms in total. The van der Waals surface area contributed by atoms with Gasteiger partial charge in [0.2, 0.25) is 0 Å². The van der Waals surface area contributed by atoms with Crippen molar-refractivity contribution in [3.05, 3.63) is 29.8 Å². The Kier molecular flexibility index (Phi) is 3.72. The van der Waals surface area contributed by atoms with Crippen LogP contribution < -0.4 is 10.6 Å². The smallest absolute Gasteiger partial charge is 0.319 e. The molecule has 0 radical (unpaired) electrons. The lowest BCUT2D eigenvalue weighted by Crippen LogP contribution is -2.30. The summed E-state index contributed by atoms with van der Waals surface area (Å²) in [6.07, 6.45) is 8.96. The zero-order chi connectivity index (χ0) is 13.1. The van der Waals surface area contributed by atoms with Crippen LogP contribution in [-0.4, -0.2) is 12.1 Å². The van der Waals surface area contributed by atoms with Crippen molar-refractivity contribution >= 4 is 11.7 Å². The van der Waals surface area contributed by atoms with E-state index >= 15 is 0 Å². The van der Waals surface area contributed by atoms with E-state index in [2.05, 4.69) is 22.8 Å². The van der Waals surface area contributed by atoms with E-state index < -0.39 is 0 Å². The largest absolute Gasteiger partial charge is 0.335 e. The summed E-state index contributed by atoms with van der Waals surface area (Å²) in [6, 6.07) is 8.72. The zero-order valence-corrected chi connectivity index (χ0v) is 11.3. The van der Waals surface area contributed by atoms with E-state index in [1.54, 1.807) is 0 Å². The summed E-state index contributed by atoms with van der Waals surface area (Å²) in [5, 5.41) is 5.82. The summed E-state index contributed by atoms with van der Waals surface area (Å²) >= 11 is 0. The summed E-state index contributed by atoms with van der Waals surface area (Å²) in [6.45, 7) is 0. The Bertz CT molecular complexity index is 431. The van der Waals surface area contributed by atoms with Gasteiger partial charge in [-0.1, -0.05) is 31.4 Å². The lowest BCUT2D eigenvalue weighted by molar-refractivity contribution is 0.251. The SMILES string of the molecule is O=C(Nc1ccc(C2CCCCC2)cc1)NC1CC1. The molecule has 0 heterocycles. The minimum absolute atomic E-state index is 0.0760. The second-order valence-electron chi connectivity index (χ2n) is 5.83. The van der Waals surface area contributed by atoms with E-state index in [1.165, 1.54) is 37.7 Å². The van der Waals surface area contributed by atoms with E-state index in [1.807, 2.05) is 12.1 Å². The molecule has 0 saturated heterocycles. The van der Waals surface area contributed by atoms with Crippen LogP contribution in [0, 0.1) is 0 Å². The third-order valence-corrected chi connectivity index (χ3v) is 4.16. The average molecular weight is 258 g/mol. The quantitative estimate of drug-likeness (QED) is 0.844. The van der Waals surface area contributed by atoms with Crippen molar-refractivity contribution in [1.29, 1.82) is 0 Å².